The summed E-state index contributed by atoms with van der Waals surface area (Å²) in [5.74, 6) is 1.29. The van der Waals surface area contributed by atoms with Crippen LogP contribution in [0.25, 0.3) is 16.3 Å². The zero-order valence-corrected chi connectivity index (χ0v) is 14.0. The molecule has 3 nitrogen and oxygen atoms in total. The zero-order chi connectivity index (χ0) is 16.4. The summed E-state index contributed by atoms with van der Waals surface area (Å²) in [5, 5.41) is 11.5. The van der Waals surface area contributed by atoms with Crippen LogP contribution in [0.5, 0.6) is 11.5 Å². The van der Waals surface area contributed by atoms with E-state index in [0.717, 1.165) is 26.8 Å². The van der Waals surface area contributed by atoms with E-state index in [4.69, 9.17) is 9.47 Å². The van der Waals surface area contributed by atoms with Crippen molar-refractivity contribution in [1.82, 2.24) is 0 Å². The minimum atomic E-state index is 0.628. The van der Waals surface area contributed by atoms with Crippen molar-refractivity contribution in [2.45, 2.75) is 4.90 Å². The number of rotatable bonds is 4. The summed E-state index contributed by atoms with van der Waals surface area (Å²) < 4.78 is 10.8. The van der Waals surface area contributed by atoms with Gasteiger partial charge in [-0.15, -0.1) is 11.8 Å². The SMILES string of the molecule is COc1cc2c(C3=C[CH]C=C3)cc(SC)c(C#N)c2cc1OC. The third-order valence-electron chi connectivity index (χ3n) is 3.91. The monoisotopic (exact) mass is 322 g/mol. The highest BCUT2D eigenvalue weighted by Crippen LogP contribution is 2.41. The Kier molecular flexibility index (Phi) is 4.31. The lowest BCUT2D eigenvalue weighted by molar-refractivity contribution is 0.356. The molecule has 1 radical (unpaired) electrons. The molecule has 0 aromatic heterocycles. The van der Waals surface area contributed by atoms with E-state index in [0.29, 0.717) is 17.1 Å². The lowest BCUT2D eigenvalue weighted by atomic mass is 9.95. The van der Waals surface area contributed by atoms with Gasteiger partial charge in [0.15, 0.2) is 11.5 Å². The first kappa shape index (κ1) is 15.5. The summed E-state index contributed by atoms with van der Waals surface area (Å²) in [6.07, 6.45) is 10.2. The second kappa shape index (κ2) is 6.39. The van der Waals surface area contributed by atoms with Gasteiger partial charge >= 0.3 is 0 Å². The van der Waals surface area contributed by atoms with Crippen LogP contribution in [-0.4, -0.2) is 20.5 Å². The number of thioether (sulfide) groups is 1. The first-order valence-electron chi connectivity index (χ1n) is 7.12. The first-order chi connectivity index (χ1) is 11.2. The van der Waals surface area contributed by atoms with Gasteiger partial charge in [-0.1, -0.05) is 18.2 Å². The maximum Gasteiger partial charge on any atom is 0.161 e. The molecule has 4 heteroatoms. The summed E-state index contributed by atoms with van der Waals surface area (Å²) in [6, 6.07) is 8.24. The topological polar surface area (TPSA) is 42.2 Å². The average molecular weight is 322 g/mol. The van der Waals surface area contributed by atoms with Crippen molar-refractivity contribution in [2.24, 2.45) is 0 Å². The van der Waals surface area contributed by atoms with Gasteiger partial charge in [0, 0.05) is 16.7 Å². The van der Waals surface area contributed by atoms with Crippen LogP contribution in [0.15, 0.2) is 41.3 Å². The van der Waals surface area contributed by atoms with E-state index in [1.54, 1.807) is 26.0 Å². The third-order valence-corrected chi connectivity index (χ3v) is 4.67. The van der Waals surface area contributed by atoms with E-state index < -0.39 is 0 Å². The van der Waals surface area contributed by atoms with Crippen molar-refractivity contribution in [3.63, 3.8) is 0 Å². The molecule has 115 valence electrons. The maximum absolute atomic E-state index is 9.62. The fraction of sp³-hybridized carbons (Fsp3) is 0.158. The summed E-state index contributed by atoms with van der Waals surface area (Å²) in [7, 11) is 3.22. The van der Waals surface area contributed by atoms with E-state index in [2.05, 4.69) is 24.3 Å². The number of nitriles is 1. The van der Waals surface area contributed by atoms with Gasteiger partial charge in [0.1, 0.15) is 6.07 Å². The van der Waals surface area contributed by atoms with Gasteiger partial charge in [0.05, 0.1) is 19.8 Å². The van der Waals surface area contributed by atoms with Gasteiger partial charge in [-0.2, -0.15) is 5.26 Å². The Morgan fingerprint density at radius 1 is 1.04 bits per heavy atom. The van der Waals surface area contributed by atoms with Crippen LogP contribution >= 0.6 is 11.8 Å². The molecular weight excluding hydrogens is 306 g/mol. The third kappa shape index (κ3) is 2.58. The molecule has 3 rings (SSSR count). The minimum Gasteiger partial charge on any atom is -0.493 e. The van der Waals surface area contributed by atoms with Crippen LogP contribution in [-0.2, 0) is 0 Å². The zero-order valence-electron chi connectivity index (χ0n) is 13.2. The van der Waals surface area contributed by atoms with E-state index in [-0.39, 0.29) is 0 Å². The lowest BCUT2D eigenvalue weighted by Gasteiger charge is -2.15. The van der Waals surface area contributed by atoms with Crippen molar-refractivity contribution in [2.75, 3.05) is 20.5 Å². The second-order valence-corrected chi connectivity index (χ2v) is 5.89. The number of allylic oxidation sites excluding steroid dienone is 4. The molecule has 0 atom stereocenters. The standard InChI is InChI=1S/C19H16NO2S/c1-21-17-8-14-13(12-6-4-5-7-12)10-19(23-3)16(11-20)15(14)9-18(17)22-2/h4-10H,1-3H3. The highest BCUT2D eigenvalue weighted by molar-refractivity contribution is 7.98. The summed E-state index contributed by atoms with van der Waals surface area (Å²) >= 11 is 1.58. The molecule has 0 saturated carbocycles. The maximum atomic E-state index is 9.62. The highest BCUT2D eigenvalue weighted by Gasteiger charge is 2.17. The Morgan fingerprint density at radius 2 is 1.74 bits per heavy atom. The molecule has 0 aliphatic heterocycles. The van der Waals surface area contributed by atoms with Gasteiger partial charge in [0.25, 0.3) is 0 Å². The van der Waals surface area contributed by atoms with E-state index in [1.807, 2.05) is 30.9 Å². The predicted octanol–water partition coefficient (Wildman–Crippen LogP) is 4.61. The normalized spacial score (nSPS) is 13.0. The van der Waals surface area contributed by atoms with Gasteiger partial charge < -0.3 is 9.47 Å². The van der Waals surface area contributed by atoms with Gasteiger partial charge in [-0.05, 0) is 41.0 Å². The molecule has 1 aliphatic carbocycles. The molecular formula is C19H16NO2S. The molecule has 0 unspecified atom stereocenters. The molecule has 0 amide bonds. The van der Waals surface area contributed by atoms with Crippen LogP contribution in [0, 0.1) is 17.8 Å². The van der Waals surface area contributed by atoms with Crippen molar-refractivity contribution in [3.8, 4) is 17.6 Å². The molecule has 1 aliphatic rings. The average Bonchev–Trinajstić information content (AvgIpc) is 3.13. The Hall–Kier alpha value is -2.38. The summed E-state index contributed by atoms with van der Waals surface area (Å²) in [4.78, 5) is 0.961. The lowest BCUT2D eigenvalue weighted by Crippen LogP contribution is -1.95. The number of fused-ring (bicyclic) bond motifs is 1. The summed E-state index contributed by atoms with van der Waals surface area (Å²) in [5.41, 5.74) is 2.89. The Labute approximate surface area is 140 Å². The number of nitrogens with zero attached hydrogens (tertiary/aromatic N) is 1. The van der Waals surface area contributed by atoms with Crippen molar-refractivity contribution < 1.29 is 9.47 Å². The molecule has 0 N–H and O–H groups in total. The molecule has 0 bridgehead atoms. The van der Waals surface area contributed by atoms with E-state index in [9.17, 15) is 5.26 Å². The largest absolute Gasteiger partial charge is 0.493 e. The van der Waals surface area contributed by atoms with Crippen LogP contribution in [0.1, 0.15) is 11.1 Å². The first-order valence-corrected chi connectivity index (χ1v) is 8.34. The Morgan fingerprint density at radius 3 is 2.26 bits per heavy atom. The number of hydrogen-bond acceptors (Lipinski definition) is 4. The molecule has 0 fully saturated rings. The van der Waals surface area contributed by atoms with E-state index >= 15 is 0 Å². The molecule has 23 heavy (non-hydrogen) atoms. The quantitative estimate of drug-likeness (QED) is 0.771. The number of methoxy groups -OCH3 is 2. The molecule has 0 saturated heterocycles. The highest BCUT2D eigenvalue weighted by atomic mass is 32.2. The fourth-order valence-electron chi connectivity index (χ4n) is 2.79. The number of hydrogen-bond donors (Lipinski definition) is 0. The Bertz CT molecular complexity index is 875. The number of ether oxygens (including phenoxy) is 2. The van der Waals surface area contributed by atoms with Crippen LogP contribution in [0.2, 0.25) is 0 Å². The molecule has 2 aromatic carbocycles. The Balaban J connectivity index is 2.43. The van der Waals surface area contributed by atoms with E-state index in [1.165, 1.54) is 0 Å². The molecule has 0 spiro atoms. The van der Waals surface area contributed by atoms with Crippen LogP contribution < -0.4 is 9.47 Å². The fourth-order valence-corrected chi connectivity index (χ4v) is 3.39. The van der Waals surface area contributed by atoms with Crippen LogP contribution in [0.4, 0.5) is 0 Å². The van der Waals surface area contributed by atoms with Crippen molar-refractivity contribution in [1.29, 1.82) is 5.26 Å². The summed E-state index contributed by atoms with van der Waals surface area (Å²) in [6.45, 7) is 0. The van der Waals surface area contributed by atoms with Gasteiger partial charge in [-0.25, -0.2) is 0 Å². The minimum absolute atomic E-state index is 0.628. The van der Waals surface area contributed by atoms with Crippen molar-refractivity contribution in [3.05, 3.63) is 54.0 Å². The van der Waals surface area contributed by atoms with Crippen LogP contribution in [0.3, 0.4) is 0 Å². The molecule has 2 aromatic rings. The van der Waals surface area contributed by atoms with Gasteiger partial charge in [-0.3, -0.25) is 0 Å². The predicted molar refractivity (Wildman–Crippen MR) is 95.0 cm³/mol. The molecule has 0 heterocycles. The smallest absolute Gasteiger partial charge is 0.161 e. The van der Waals surface area contributed by atoms with Crippen molar-refractivity contribution >= 4 is 28.1 Å². The number of benzene rings is 2. The van der Waals surface area contributed by atoms with Gasteiger partial charge in [0.2, 0.25) is 0 Å². The second-order valence-electron chi connectivity index (χ2n) is 5.04.